The van der Waals surface area contributed by atoms with Gasteiger partial charge in [0.05, 0.1) is 27.7 Å². The third-order valence-corrected chi connectivity index (χ3v) is 6.26. The van der Waals surface area contributed by atoms with E-state index in [1.165, 1.54) is 9.80 Å². The van der Waals surface area contributed by atoms with Gasteiger partial charge >= 0.3 is 0 Å². The highest BCUT2D eigenvalue weighted by atomic mass is 16.2. The Morgan fingerprint density at radius 1 is 0.667 bits per heavy atom. The van der Waals surface area contributed by atoms with Crippen molar-refractivity contribution in [1.29, 1.82) is 0 Å². The molecule has 0 atom stereocenters. The molecule has 0 saturated carbocycles. The van der Waals surface area contributed by atoms with Crippen LogP contribution in [0.2, 0.25) is 0 Å². The topological polar surface area (TPSA) is 78.0 Å². The summed E-state index contributed by atoms with van der Waals surface area (Å²) in [6.07, 6.45) is 1.35. The highest BCUT2D eigenvalue weighted by Crippen LogP contribution is 2.37. The quantitative estimate of drug-likeness (QED) is 0.454. The Bertz CT molecular complexity index is 1110. The van der Waals surface area contributed by atoms with E-state index in [1.807, 2.05) is 19.0 Å². The van der Waals surface area contributed by atoms with E-state index in [9.17, 15) is 19.2 Å². The van der Waals surface area contributed by atoms with Crippen LogP contribution in [-0.2, 0) is 0 Å². The van der Waals surface area contributed by atoms with E-state index in [-0.39, 0.29) is 23.6 Å². The fourth-order valence-electron chi connectivity index (χ4n) is 4.63. The van der Waals surface area contributed by atoms with E-state index >= 15 is 0 Å². The van der Waals surface area contributed by atoms with Gasteiger partial charge in [0.2, 0.25) is 0 Å². The molecule has 33 heavy (non-hydrogen) atoms. The van der Waals surface area contributed by atoms with Gasteiger partial charge in [-0.3, -0.25) is 29.0 Å². The van der Waals surface area contributed by atoms with Crippen molar-refractivity contribution in [1.82, 2.24) is 14.7 Å². The molecule has 2 aromatic carbocycles. The standard InChI is InChI=1S/C25H31N4O4/c1-26(2)12-6-13-27-22(30)16-8-10-18-21-19(11-9-17(20(16)21)23(27)31)25(33)28(24(18)32)14-7-15-29(3,4)5/h8-11H,6-7,12-15H2,1-5H3/q+1. The van der Waals surface area contributed by atoms with E-state index in [0.29, 0.717) is 59.0 Å². The summed E-state index contributed by atoms with van der Waals surface area (Å²) in [5.41, 5.74) is 1.48. The second kappa shape index (κ2) is 8.35. The van der Waals surface area contributed by atoms with Gasteiger partial charge in [0.15, 0.2) is 0 Å². The van der Waals surface area contributed by atoms with Crippen LogP contribution in [0.3, 0.4) is 0 Å². The van der Waals surface area contributed by atoms with E-state index < -0.39 is 0 Å². The lowest BCUT2D eigenvalue weighted by Crippen LogP contribution is -2.45. The Balaban J connectivity index is 1.71. The SMILES string of the molecule is CN(C)CCCN1C(=O)c2ccc3c4c(ccc(c24)C1=O)C(=O)N(CCC[N+](C)(C)C)C3=O. The molecule has 2 aromatic rings. The summed E-state index contributed by atoms with van der Waals surface area (Å²) in [6, 6.07) is 6.49. The zero-order chi connectivity index (χ0) is 24.1. The van der Waals surface area contributed by atoms with Gasteiger partial charge in [-0.1, -0.05) is 0 Å². The molecule has 2 heterocycles. The molecule has 0 N–H and O–H groups in total. The summed E-state index contributed by atoms with van der Waals surface area (Å²) in [7, 11) is 10.1. The third kappa shape index (κ3) is 4.05. The molecule has 0 aliphatic carbocycles. The number of benzene rings is 2. The van der Waals surface area contributed by atoms with Crippen LogP contribution in [0, 0.1) is 0 Å². The zero-order valence-corrected chi connectivity index (χ0v) is 20.0. The summed E-state index contributed by atoms with van der Waals surface area (Å²) in [6.45, 7) is 2.22. The first kappa shape index (κ1) is 23.1. The molecular formula is C25H31N4O4+. The Morgan fingerprint density at radius 3 is 1.36 bits per heavy atom. The molecule has 0 fully saturated rings. The van der Waals surface area contributed by atoms with Gasteiger partial charge in [-0.2, -0.15) is 0 Å². The third-order valence-electron chi connectivity index (χ3n) is 6.26. The first-order valence-corrected chi connectivity index (χ1v) is 11.3. The van der Waals surface area contributed by atoms with E-state index in [2.05, 4.69) is 21.1 Å². The second-order valence-electron chi connectivity index (χ2n) is 10.1. The van der Waals surface area contributed by atoms with Crippen LogP contribution < -0.4 is 0 Å². The van der Waals surface area contributed by atoms with Crippen molar-refractivity contribution in [3.8, 4) is 0 Å². The molecule has 0 saturated heterocycles. The number of hydrogen-bond acceptors (Lipinski definition) is 5. The molecular weight excluding hydrogens is 420 g/mol. The Kier molecular flexibility index (Phi) is 5.84. The zero-order valence-electron chi connectivity index (χ0n) is 20.0. The summed E-state index contributed by atoms with van der Waals surface area (Å²) >= 11 is 0. The van der Waals surface area contributed by atoms with Crippen LogP contribution >= 0.6 is 0 Å². The number of amides is 4. The van der Waals surface area contributed by atoms with E-state index in [4.69, 9.17) is 0 Å². The van der Waals surface area contributed by atoms with Crippen LogP contribution in [0.15, 0.2) is 24.3 Å². The van der Waals surface area contributed by atoms with Crippen molar-refractivity contribution in [3.63, 3.8) is 0 Å². The average Bonchev–Trinajstić information content (AvgIpc) is 2.74. The van der Waals surface area contributed by atoms with Gasteiger partial charge in [0.25, 0.3) is 23.6 Å². The van der Waals surface area contributed by atoms with Crippen molar-refractivity contribution >= 4 is 34.4 Å². The fraction of sp³-hybridized carbons (Fsp3) is 0.440. The van der Waals surface area contributed by atoms with Crippen molar-refractivity contribution in [2.45, 2.75) is 12.8 Å². The van der Waals surface area contributed by atoms with E-state index in [0.717, 1.165) is 17.6 Å². The maximum Gasteiger partial charge on any atom is 0.261 e. The van der Waals surface area contributed by atoms with Gasteiger partial charge in [0.1, 0.15) is 0 Å². The minimum atomic E-state index is -0.375. The minimum absolute atomic E-state index is 0.318. The second-order valence-corrected chi connectivity index (χ2v) is 10.1. The molecule has 0 unspecified atom stereocenters. The molecule has 8 heteroatoms. The first-order chi connectivity index (χ1) is 15.5. The number of hydrogen-bond donors (Lipinski definition) is 0. The molecule has 2 aliphatic heterocycles. The Morgan fingerprint density at radius 2 is 1.03 bits per heavy atom. The van der Waals surface area contributed by atoms with Crippen LogP contribution in [0.1, 0.15) is 54.3 Å². The van der Waals surface area contributed by atoms with Gasteiger partial charge in [-0.05, 0) is 51.3 Å². The Labute approximate surface area is 193 Å². The van der Waals surface area contributed by atoms with Gasteiger partial charge in [-0.15, -0.1) is 0 Å². The smallest absolute Gasteiger partial charge is 0.261 e. The summed E-state index contributed by atoms with van der Waals surface area (Å²) in [4.78, 5) is 57.4. The predicted octanol–water partition coefficient (Wildman–Crippen LogP) is 2.08. The van der Waals surface area contributed by atoms with Crippen molar-refractivity contribution in [2.24, 2.45) is 0 Å². The highest BCUT2D eigenvalue weighted by Gasteiger charge is 2.39. The summed E-state index contributed by atoms with van der Waals surface area (Å²) in [5, 5.41) is 0.856. The predicted molar refractivity (Wildman–Crippen MR) is 125 cm³/mol. The van der Waals surface area contributed by atoms with Gasteiger partial charge in [0, 0.05) is 52.5 Å². The largest absolute Gasteiger partial charge is 0.331 e. The van der Waals surface area contributed by atoms with Gasteiger partial charge < -0.3 is 9.38 Å². The lowest BCUT2D eigenvalue weighted by Gasteiger charge is -2.32. The molecule has 174 valence electrons. The first-order valence-electron chi connectivity index (χ1n) is 11.3. The van der Waals surface area contributed by atoms with Gasteiger partial charge in [-0.25, -0.2) is 0 Å². The van der Waals surface area contributed by atoms with E-state index in [1.54, 1.807) is 24.3 Å². The maximum atomic E-state index is 13.2. The summed E-state index contributed by atoms with van der Waals surface area (Å²) in [5.74, 6) is -1.49. The van der Waals surface area contributed by atoms with Crippen molar-refractivity contribution in [2.75, 3.05) is 61.4 Å². The monoisotopic (exact) mass is 451 g/mol. The normalized spacial score (nSPS) is 15.9. The molecule has 0 bridgehead atoms. The van der Waals surface area contributed by atoms with Crippen LogP contribution in [0.25, 0.3) is 10.8 Å². The van der Waals surface area contributed by atoms with Crippen LogP contribution in [0.4, 0.5) is 0 Å². The fourth-order valence-corrected chi connectivity index (χ4v) is 4.63. The number of rotatable bonds is 8. The molecule has 0 radical (unpaired) electrons. The highest BCUT2D eigenvalue weighted by molar-refractivity contribution is 6.33. The Hall–Kier alpha value is -3.10. The summed E-state index contributed by atoms with van der Waals surface area (Å²) < 4.78 is 0.740. The maximum absolute atomic E-state index is 13.2. The molecule has 4 amide bonds. The van der Waals surface area contributed by atoms with Crippen LogP contribution in [0.5, 0.6) is 0 Å². The number of carbonyl (C=O) groups is 4. The van der Waals surface area contributed by atoms with Crippen LogP contribution in [-0.4, -0.2) is 104 Å². The minimum Gasteiger partial charge on any atom is -0.331 e. The molecule has 4 rings (SSSR count). The van der Waals surface area contributed by atoms with Crippen molar-refractivity contribution in [3.05, 3.63) is 46.5 Å². The lowest BCUT2D eigenvalue weighted by atomic mass is 9.86. The number of carbonyl (C=O) groups excluding carboxylic acids is 4. The molecule has 0 aromatic heterocycles. The molecule has 0 spiro atoms. The molecule has 2 aliphatic rings. The van der Waals surface area contributed by atoms with Crippen molar-refractivity contribution < 1.29 is 23.7 Å². The lowest BCUT2D eigenvalue weighted by molar-refractivity contribution is -0.870. The number of nitrogens with zero attached hydrogens (tertiary/aromatic N) is 4. The number of quaternary nitrogens is 1. The average molecular weight is 452 g/mol. The number of imide groups is 2. The molecule has 8 nitrogen and oxygen atoms in total.